The van der Waals surface area contributed by atoms with Crippen LogP contribution in [0.3, 0.4) is 0 Å². The van der Waals surface area contributed by atoms with Crippen molar-refractivity contribution in [3.05, 3.63) is 120 Å². The first kappa shape index (κ1) is 27.7. The van der Waals surface area contributed by atoms with E-state index in [0.29, 0.717) is 23.6 Å². The first-order chi connectivity index (χ1) is 20.5. The molecule has 0 bridgehead atoms. The summed E-state index contributed by atoms with van der Waals surface area (Å²) in [6, 6.07) is 25.8. The van der Waals surface area contributed by atoms with Gasteiger partial charge in [0.15, 0.2) is 6.29 Å². The Labute approximate surface area is 247 Å². The van der Waals surface area contributed by atoms with Crippen molar-refractivity contribution in [1.82, 2.24) is 14.4 Å². The van der Waals surface area contributed by atoms with Gasteiger partial charge in [0.1, 0.15) is 11.9 Å². The number of amides is 1. The molecule has 1 amide bonds. The molecule has 2 aliphatic heterocycles. The molecule has 0 saturated carbocycles. The summed E-state index contributed by atoms with van der Waals surface area (Å²) in [5.41, 5.74) is 7.08. The molecular weight excluding hydrogens is 524 g/mol. The highest BCUT2D eigenvalue weighted by molar-refractivity contribution is 6.07. The lowest BCUT2D eigenvalue weighted by Crippen LogP contribution is -2.53. The van der Waals surface area contributed by atoms with Gasteiger partial charge in [-0.2, -0.15) is 0 Å². The first-order valence-corrected chi connectivity index (χ1v) is 14.4. The number of rotatable bonds is 7. The molecule has 0 aliphatic carbocycles. The van der Waals surface area contributed by atoms with E-state index in [0.717, 1.165) is 72.6 Å². The number of hydrogen-bond donors (Lipinski definition) is 0. The molecule has 1 saturated heterocycles. The molecule has 0 radical (unpaired) electrons. The number of carbonyl (C=O) groups excluding carboxylic acids is 2. The van der Waals surface area contributed by atoms with Crippen molar-refractivity contribution >= 4 is 17.9 Å². The lowest BCUT2D eigenvalue weighted by molar-refractivity contribution is 0.0793. The Bertz CT molecular complexity index is 1630. The number of aryl methyl sites for hydroxylation is 1. The van der Waals surface area contributed by atoms with Crippen molar-refractivity contribution in [2.45, 2.75) is 19.6 Å². The maximum Gasteiger partial charge on any atom is 0.260 e. The fourth-order valence-corrected chi connectivity index (χ4v) is 6.33. The van der Waals surface area contributed by atoms with Crippen LogP contribution in [0.15, 0.2) is 91.5 Å². The fraction of sp³-hybridized carbons (Fsp3) is 0.257. The third-order valence-corrected chi connectivity index (χ3v) is 8.50. The van der Waals surface area contributed by atoms with Gasteiger partial charge in [0, 0.05) is 43.9 Å². The number of methoxy groups -OCH3 is 1. The van der Waals surface area contributed by atoms with E-state index < -0.39 is 0 Å². The van der Waals surface area contributed by atoms with Crippen LogP contribution in [0, 0.1) is 6.92 Å². The highest BCUT2D eigenvalue weighted by Crippen LogP contribution is 2.40. The second-order valence-electron chi connectivity index (χ2n) is 10.9. The van der Waals surface area contributed by atoms with E-state index in [1.54, 1.807) is 7.11 Å². The molecule has 214 valence electrons. The minimum absolute atomic E-state index is 0.113. The molecule has 3 aromatic carbocycles. The lowest BCUT2D eigenvalue weighted by atomic mass is 9.98. The number of nitrogens with zero attached hydrogens (tertiary/aromatic N) is 4. The average molecular weight is 561 g/mol. The maximum absolute atomic E-state index is 14.7. The third-order valence-electron chi connectivity index (χ3n) is 8.50. The van der Waals surface area contributed by atoms with Crippen LogP contribution in [-0.4, -0.2) is 66.4 Å². The van der Waals surface area contributed by atoms with Crippen LogP contribution in [0.25, 0.3) is 11.1 Å². The van der Waals surface area contributed by atoms with Gasteiger partial charge in [0.05, 0.1) is 30.7 Å². The zero-order valence-electron chi connectivity index (χ0n) is 24.2. The third kappa shape index (κ3) is 4.95. The number of fused-ring (bicyclic) bond motifs is 2. The Morgan fingerprint density at radius 2 is 1.71 bits per heavy atom. The van der Waals surface area contributed by atoms with Crippen LogP contribution >= 0.6 is 0 Å². The molecule has 3 heterocycles. The smallest absolute Gasteiger partial charge is 0.260 e. The summed E-state index contributed by atoms with van der Waals surface area (Å²) in [7, 11) is 1.64. The Hall–Kier alpha value is -4.46. The molecule has 6 rings (SSSR count). The van der Waals surface area contributed by atoms with E-state index in [4.69, 9.17) is 4.74 Å². The highest BCUT2D eigenvalue weighted by Gasteiger charge is 2.39. The molecule has 1 atom stereocenters. The van der Waals surface area contributed by atoms with Crippen LogP contribution < -0.4 is 9.64 Å². The molecule has 7 nitrogen and oxygen atoms in total. The predicted octanol–water partition coefficient (Wildman–Crippen LogP) is 5.80. The number of hydrogen-bond acceptors (Lipinski definition) is 5. The number of benzene rings is 3. The van der Waals surface area contributed by atoms with Gasteiger partial charge in [-0.1, -0.05) is 48.5 Å². The molecule has 0 spiro atoms. The minimum Gasteiger partial charge on any atom is -0.496 e. The van der Waals surface area contributed by atoms with E-state index in [2.05, 4.69) is 40.0 Å². The van der Waals surface area contributed by atoms with Crippen molar-refractivity contribution in [3.63, 3.8) is 0 Å². The van der Waals surface area contributed by atoms with Gasteiger partial charge in [0.25, 0.3) is 5.91 Å². The average Bonchev–Trinajstić information content (AvgIpc) is 3.35. The number of carbonyl (C=O) groups is 2. The van der Waals surface area contributed by atoms with Gasteiger partial charge >= 0.3 is 0 Å². The summed E-state index contributed by atoms with van der Waals surface area (Å²) in [6.45, 7) is 10.6. The summed E-state index contributed by atoms with van der Waals surface area (Å²) in [5.74, 6) is 0.539. The fourth-order valence-electron chi connectivity index (χ4n) is 6.33. The van der Waals surface area contributed by atoms with E-state index in [1.807, 2.05) is 77.7 Å². The van der Waals surface area contributed by atoms with E-state index in [9.17, 15) is 9.59 Å². The summed E-state index contributed by atoms with van der Waals surface area (Å²) in [6.07, 6.45) is 2.45. The lowest BCUT2D eigenvalue weighted by Gasteiger charge is -2.43. The predicted molar refractivity (Wildman–Crippen MR) is 166 cm³/mol. The number of ether oxygens (including phenoxy) is 1. The summed E-state index contributed by atoms with van der Waals surface area (Å²) < 4.78 is 7.90. The molecule has 7 heteroatoms. The standard InChI is InChI=1S/C35H36N4O3/c1-4-17-36-18-20-37(21-19-36)34-32-16-14-28(24-40)38(32)23-27-10-6-8-12-31(27)39(34)35(41)26-13-15-30(33(22-26)42-3)29-11-7-5-9-25(29)2/h4-16,22,24,34H,1,17-21,23H2,2-3H3. The molecule has 4 aromatic rings. The van der Waals surface area contributed by atoms with Crippen molar-refractivity contribution in [1.29, 1.82) is 0 Å². The number of piperazine rings is 1. The molecule has 1 unspecified atom stereocenters. The second kappa shape index (κ2) is 11.8. The Morgan fingerprint density at radius 1 is 0.952 bits per heavy atom. The molecule has 1 aromatic heterocycles. The topological polar surface area (TPSA) is 58.0 Å². The van der Waals surface area contributed by atoms with Crippen molar-refractivity contribution in [3.8, 4) is 16.9 Å². The Morgan fingerprint density at radius 3 is 2.45 bits per heavy atom. The molecule has 42 heavy (non-hydrogen) atoms. The summed E-state index contributed by atoms with van der Waals surface area (Å²) >= 11 is 0. The highest BCUT2D eigenvalue weighted by atomic mass is 16.5. The van der Waals surface area contributed by atoms with Crippen molar-refractivity contribution in [2.24, 2.45) is 0 Å². The van der Waals surface area contributed by atoms with Gasteiger partial charge < -0.3 is 9.30 Å². The van der Waals surface area contributed by atoms with Crippen molar-refractivity contribution in [2.75, 3.05) is 44.7 Å². The number of aldehydes is 1. The summed E-state index contributed by atoms with van der Waals surface area (Å²) in [5, 5.41) is 0. The number of para-hydroxylation sites is 1. The minimum atomic E-state index is -0.386. The first-order valence-electron chi connectivity index (χ1n) is 14.4. The van der Waals surface area contributed by atoms with Crippen LogP contribution in [0.2, 0.25) is 0 Å². The van der Waals surface area contributed by atoms with Gasteiger partial charge in [-0.05, 0) is 60.0 Å². The second-order valence-corrected chi connectivity index (χ2v) is 10.9. The SMILES string of the molecule is C=CCN1CCN(C2c3ccc(C=O)n3Cc3ccccc3N2C(=O)c2ccc(-c3ccccc3C)c(OC)c2)CC1. The van der Waals surface area contributed by atoms with Crippen LogP contribution in [0.4, 0.5) is 5.69 Å². The maximum atomic E-state index is 14.7. The van der Waals surface area contributed by atoms with Crippen LogP contribution in [0.1, 0.15) is 43.8 Å². The zero-order valence-corrected chi connectivity index (χ0v) is 24.2. The quantitative estimate of drug-likeness (QED) is 0.211. The Kier molecular flexibility index (Phi) is 7.78. The largest absolute Gasteiger partial charge is 0.496 e. The van der Waals surface area contributed by atoms with Crippen LogP contribution in [-0.2, 0) is 6.54 Å². The van der Waals surface area contributed by atoms with E-state index >= 15 is 0 Å². The summed E-state index contributed by atoms with van der Waals surface area (Å²) in [4.78, 5) is 33.5. The van der Waals surface area contributed by atoms with E-state index in [1.165, 1.54) is 0 Å². The van der Waals surface area contributed by atoms with Gasteiger partial charge in [-0.3, -0.25) is 24.3 Å². The van der Waals surface area contributed by atoms with Gasteiger partial charge in [-0.25, -0.2) is 0 Å². The van der Waals surface area contributed by atoms with Crippen molar-refractivity contribution < 1.29 is 14.3 Å². The molecule has 0 N–H and O–H groups in total. The monoisotopic (exact) mass is 560 g/mol. The van der Waals surface area contributed by atoms with Gasteiger partial charge in [0.2, 0.25) is 0 Å². The number of anilines is 1. The van der Waals surface area contributed by atoms with Gasteiger partial charge in [-0.15, -0.1) is 6.58 Å². The zero-order chi connectivity index (χ0) is 29.2. The molecule has 2 aliphatic rings. The van der Waals surface area contributed by atoms with Crippen LogP contribution in [0.5, 0.6) is 5.75 Å². The number of aromatic nitrogens is 1. The molecule has 1 fully saturated rings. The van der Waals surface area contributed by atoms with E-state index in [-0.39, 0.29) is 12.1 Å². The molecular formula is C35H36N4O3. The Balaban J connectivity index is 1.47. The normalized spacial score (nSPS) is 17.2.